The minimum Gasteiger partial charge on any atom is -0.497 e. The standard InChI is InChI=1S/C22H24ClN3O3S/c1-25-22(15-26-11-10-24-16-26,17-4-3-5-19(12-17)27-2)13-20(29-25)14-28-30-21-8-6-18(23)7-9-21/h3-12,16,20H,13-15H2,1-2H3. The van der Waals surface area contributed by atoms with E-state index in [0.29, 0.717) is 18.2 Å². The van der Waals surface area contributed by atoms with E-state index >= 15 is 0 Å². The lowest BCUT2D eigenvalue weighted by Gasteiger charge is -2.35. The Hall–Kier alpha value is -2.03. The van der Waals surface area contributed by atoms with Crippen LogP contribution in [0.1, 0.15) is 12.0 Å². The summed E-state index contributed by atoms with van der Waals surface area (Å²) in [6.07, 6.45) is 6.28. The van der Waals surface area contributed by atoms with Gasteiger partial charge in [-0.05, 0) is 42.0 Å². The van der Waals surface area contributed by atoms with Crippen LogP contribution in [0.4, 0.5) is 0 Å². The summed E-state index contributed by atoms with van der Waals surface area (Å²) in [6, 6.07) is 15.7. The Morgan fingerprint density at radius 2 is 2.10 bits per heavy atom. The number of halogens is 1. The van der Waals surface area contributed by atoms with Gasteiger partial charge in [-0.3, -0.25) is 4.84 Å². The molecule has 0 amide bonds. The van der Waals surface area contributed by atoms with Crippen LogP contribution >= 0.6 is 23.6 Å². The SMILES string of the molecule is COc1cccc(C2(Cn3ccnc3)CC(COSc3ccc(Cl)cc3)ON2C)c1. The summed E-state index contributed by atoms with van der Waals surface area (Å²) in [6.45, 7) is 1.17. The highest BCUT2D eigenvalue weighted by atomic mass is 35.5. The number of rotatable bonds is 8. The first-order valence-electron chi connectivity index (χ1n) is 9.65. The number of hydroxylamine groups is 2. The van der Waals surface area contributed by atoms with Crippen molar-refractivity contribution >= 4 is 23.6 Å². The van der Waals surface area contributed by atoms with E-state index in [1.165, 1.54) is 12.0 Å². The molecule has 1 aliphatic rings. The molecule has 2 heterocycles. The Bertz CT molecular complexity index is 955. The molecule has 0 aliphatic carbocycles. The maximum Gasteiger partial charge on any atom is 0.119 e. The molecular weight excluding hydrogens is 422 g/mol. The summed E-state index contributed by atoms with van der Waals surface area (Å²) in [7, 11) is 3.66. The van der Waals surface area contributed by atoms with Crippen LogP contribution < -0.4 is 4.74 Å². The number of nitrogens with zero attached hydrogens (tertiary/aromatic N) is 3. The normalized spacial score (nSPS) is 21.8. The highest BCUT2D eigenvalue weighted by molar-refractivity contribution is 7.94. The molecular formula is C22H24ClN3O3S. The number of benzene rings is 2. The lowest BCUT2D eigenvalue weighted by molar-refractivity contribution is -0.179. The van der Waals surface area contributed by atoms with Crippen molar-refractivity contribution in [3.63, 3.8) is 0 Å². The quantitative estimate of drug-likeness (QED) is 0.464. The Morgan fingerprint density at radius 1 is 1.27 bits per heavy atom. The van der Waals surface area contributed by atoms with Crippen molar-refractivity contribution in [1.82, 2.24) is 14.6 Å². The Morgan fingerprint density at radius 3 is 2.83 bits per heavy atom. The molecule has 4 rings (SSSR count). The Kier molecular flexibility index (Phi) is 6.65. The summed E-state index contributed by atoms with van der Waals surface area (Å²) in [5, 5.41) is 2.66. The monoisotopic (exact) mass is 445 g/mol. The fraction of sp³-hybridized carbons (Fsp3) is 0.318. The smallest absolute Gasteiger partial charge is 0.119 e. The predicted molar refractivity (Wildman–Crippen MR) is 117 cm³/mol. The lowest BCUT2D eigenvalue weighted by Crippen LogP contribution is -2.41. The number of imidazole rings is 1. The molecule has 2 atom stereocenters. The van der Waals surface area contributed by atoms with Crippen LogP contribution in [0.25, 0.3) is 0 Å². The molecule has 6 nitrogen and oxygen atoms in total. The van der Waals surface area contributed by atoms with Crippen LogP contribution in [-0.2, 0) is 21.1 Å². The fourth-order valence-corrected chi connectivity index (χ4v) is 4.50. The van der Waals surface area contributed by atoms with Gasteiger partial charge in [-0.1, -0.05) is 23.7 Å². The molecule has 0 radical (unpaired) electrons. The molecule has 1 aromatic heterocycles. The van der Waals surface area contributed by atoms with E-state index < -0.39 is 0 Å². The molecule has 3 aromatic rings. The zero-order valence-electron chi connectivity index (χ0n) is 16.9. The summed E-state index contributed by atoms with van der Waals surface area (Å²) in [4.78, 5) is 11.4. The van der Waals surface area contributed by atoms with Gasteiger partial charge in [0.05, 0.1) is 25.6 Å². The first-order valence-corrected chi connectivity index (χ1v) is 10.8. The molecule has 2 aromatic carbocycles. The molecule has 2 unspecified atom stereocenters. The number of ether oxygens (including phenoxy) is 1. The van der Waals surface area contributed by atoms with Crippen LogP contribution in [0, 0.1) is 0 Å². The number of methoxy groups -OCH3 is 1. The summed E-state index contributed by atoms with van der Waals surface area (Å²) >= 11 is 7.28. The van der Waals surface area contributed by atoms with Crippen molar-refractivity contribution < 1.29 is 13.8 Å². The Balaban J connectivity index is 1.50. The van der Waals surface area contributed by atoms with Gasteiger partial charge >= 0.3 is 0 Å². The average Bonchev–Trinajstić information content (AvgIpc) is 3.38. The maximum atomic E-state index is 6.21. The van der Waals surface area contributed by atoms with Crippen LogP contribution in [-0.4, -0.2) is 41.5 Å². The molecule has 1 saturated heterocycles. The largest absolute Gasteiger partial charge is 0.497 e. The molecule has 1 fully saturated rings. The van der Waals surface area contributed by atoms with Crippen LogP contribution in [0.5, 0.6) is 5.75 Å². The van der Waals surface area contributed by atoms with Crippen molar-refractivity contribution in [2.45, 2.75) is 29.5 Å². The summed E-state index contributed by atoms with van der Waals surface area (Å²) < 4.78 is 13.4. The van der Waals surface area contributed by atoms with Gasteiger partial charge in [-0.25, -0.2) is 4.98 Å². The third kappa shape index (κ3) is 4.66. The lowest BCUT2D eigenvalue weighted by atomic mass is 9.85. The van der Waals surface area contributed by atoms with Gasteiger partial charge in [0, 0.05) is 54.4 Å². The second-order valence-electron chi connectivity index (χ2n) is 7.25. The minimum absolute atomic E-state index is 0.0791. The summed E-state index contributed by atoms with van der Waals surface area (Å²) in [5.74, 6) is 0.823. The molecule has 0 bridgehead atoms. The van der Waals surface area contributed by atoms with Crippen molar-refractivity contribution in [3.8, 4) is 5.75 Å². The van der Waals surface area contributed by atoms with Gasteiger partial charge in [0.25, 0.3) is 0 Å². The number of likely N-dealkylation sites (N-methyl/N-ethyl adjacent to an activating group) is 1. The van der Waals surface area contributed by atoms with Gasteiger partial charge in [-0.15, -0.1) is 0 Å². The van der Waals surface area contributed by atoms with E-state index in [1.54, 1.807) is 13.3 Å². The van der Waals surface area contributed by atoms with Gasteiger partial charge in [-0.2, -0.15) is 5.06 Å². The van der Waals surface area contributed by atoms with Crippen LogP contribution in [0.15, 0.2) is 72.1 Å². The summed E-state index contributed by atoms with van der Waals surface area (Å²) in [5.41, 5.74) is 0.764. The zero-order valence-corrected chi connectivity index (χ0v) is 18.5. The highest BCUT2D eigenvalue weighted by Crippen LogP contribution is 2.42. The van der Waals surface area contributed by atoms with E-state index in [1.807, 2.05) is 61.0 Å². The second-order valence-corrected chi connectivity index (χ2v) is 8.56. The molecule has 30 heavy (non-hydrogen) atoms. The van der Waals surface area contributed by atoms with E-state index in [2.05, 4.69) is 21.7 Å². The first kappa shape index (κ1) is 21.2. The number of hydrogen-bond donors (Lipinski definition) is 0. The molecule has 8 heteroatoms. The van der Waals surface area contributed by atoms with E-state index in [0.717, 1.165) is 22.6 Å². The van der Waals surface area contributed by atoms with Crippen LogP contribution in [0.2, 0.25) is 5.02 Å². The van der Waals surface area contributed by atoms with Crippen LogP contribution in [0.3, 0.4) is 0 Å². The highest BCUT2D eigenvalue weighted by Gasteiger charge is 2.47. The van der Waals surface area contributed by atoms with E-state index in [-0.39, 0.29) is 11.6 Å². The second kappa shape index (κ2) is 9.41. The molecule has 0 saturated carbocycles. The van der Waals surface area contributed by atoms with Gasteiger partial charge in [0.2, 0.25) is 0 Å². The first-order chi connectivity index (χ1) is 14.6. The third-order valence-electron chi connectivity index (χ3n) is 5.31. The van der Waals surface area contributed by atoms with Crippen molar-refractivity contribution in [2.24, 2.45) is 0 Å². The fourth-order valence-electron chi connectivity index (χ4n) is 3.77. The maximum absolute atomic E-state index is 6.21. The zero-order chi connectivity index (χ0) is 21.0. The Labute approximate surface area is 185 Å². The van der Waals surface area contributed by atoms with Gasteiger partial charge < -0.3 is 13.5 Å². The van der Waals surface area contributed by atoms with E-state index in [4.69, 9.17) is 25.4 Å². The third-order valence-corrected chi connectivity index (χ3v) is 6.28. The number of aromatic nitrogens is 2. The molecule has 0 spiro atoms. The van der Waals surface area contributed by atoms with Gasteiger partial charge in [0.15, 0.2) is 0 Å². The number of hydrogen-bond acceptors (Lipinski definition) is 6. The molecule has 1 aliphatic heterocycles. The van der Waals surface area contributed by atoms with Crippen molar-refractivity contribution in [3.05, 3.63) is 77.8 Å². The molecule has 158 valence electrons. The topological polar surface area (TPSA) is 48.8 Å². The van der Waals surface area contributed by atoms with E-state index in [9.17, 15) is 0 Å². The van der Waals surface area contributed by atoms with Crippen molar-refractivity contribution in [2.75, 3.05) is 20.8 Å². The van der Waals surface area contributed by atoms with Crippen molar-refractivity contribution in [1.29, 1.82) is 0 Å². The minimum atomic E-state index is -0.367. The average molecular weight is 446 g/mol. The predicted octanol–water partition coefficient (Wildman–Crippen LogP) is 4.80. The molecule has 0 N–H and O–H groups in total. The van der Waals surface area contributed by atoms with Gasteiger partial charge in [0.1, 0.15) is 11.9 Å².